The minimum atomic E-state index is -5.11. The summed E-state index contributed by atoms with van der Waals surface area (Å²) in [6.07, 6.45) is 7.73. The SMILES string of the molecule is CCCCCCCCc1ccc(N=Nc2c(S(=O)(=O)O)cc3cc(S(=O)(=O)O)c(N=Nc4ccc(N=Nc5cc(S(=O)(=O)O)c(N)cc5N)cc4)c(N)c3c2O)cc1. The molecule has 0 saturated heterocycles. The van der Waals surface area contributed by atoms with E-state index in [0.717, 1.165) is 49.1 Å². The van der Waals surface area contributed by atoms with Gasteiger partial charge in [0.05, 0.1) is 39.5 Å². The fraction of sp³-hybridized carbons (Fsp3) is 0.222. The minimum absolute atomic E-state index is 0.0271. The number of phenols is 1. The number of hydrogen-bond donors (Lipinski definition) is 7. The Morgan fingerprint density at radius 2 is 1.00 bits per heavy atom. The predicted octanol–water partition coefficient (Wildman–Crippen LogP) is 9.18. The van der Waals surface area contributed by atoms with Gasteiger partial charge in [0.1, 0.15) is 31.7 Å². The minimum Gasteiger partial charge on any atom is -0.505 e. The first-order chi connectivity index (χ1) is 27.3. The molecule has 0 bridgehead atoms. The lowest BCUT2D eigenvalue weighted by Crippen LogP contribution is -2.04. The van der Waals surface area contributed by atoms with Crippen LogP contribution in [-0.4, -0.2) is 44.0 Å². The molecule has 0 unspecified atom stereocenters. The van der Waals surface area contributed by atoms with Crippen molar-refractivity contribution in [2.24, 2.45) is 30.7 Å². The summed E-state index contributed by atoms with van der Waals surface area (Å²) in [4.78, 5) is -2.45. The van der Waals surface area contributed by atoms with Crippen molar-refractivity contribution in [1.82, 2.24) is 0 Å². The fourth-order valence-corrected chi connectivity index (χ4v) is 7.72. The van der Waals surface area contributed by atoms with Gasteiger partial charge in [-0.25, -0.2) is 0 Å². The van der Waals surface area contributed by atoms with E-state index in [1.54, 1.807) is 12.1 Å². The van der Waals surface area contributed by atoms with Gasteiger partial charge in [0, 0.05) is 0 Å². The Labute approximate surface area is 333 Å². The zero-order valence-electron chi connectivity index (χ0n) is 30.8. The number of fused-ring (bicyclic) bond motifs is 1. The van der Waals surface area contributed by atoms with Crippen molar-refractivity contribution in [3.63, 3.8) is 0 Å². The molecule has 0 atom stereocenters. The summed E-state index contributed by atoms with van der Waals surface area (Å²) < 4.78 is 103. The number of rotatable bonds is 16. The van der Waals surface area contributed by atoms with Gasteiger partial charge in [-0.15, -0.1) is 15.3 Å². The number of nitrogen functional groups attached to an aromatic ring is 3. The fourth-order valence-electron chi connectivity index (χ4n) is 5.77. The predicted molar refractivity (Wildman–Crippen MR) is 217 cm³/mol. The number of hydrogen-bond acceptors (Lipinski definition) is 16. The molecule has 58 heavy (non-hydrogen) atoms. The molecular formula is C36H39N9O10S3. The standard InChI is InChI=1S/C36H39N9O10S3/c1-2-3-4-5-6-7-8-21-9-11-23(12-10-21)42-45-35-31(58(53,54)55)18-22-17-30(57(50,51)52)34(33(39)32(22)36(35)46)44-41-25-15-13-24(14-16-25)40-43-28-20-29(56(47,48)49)27(38)19-26(28)37/h9-20,46H,2-8,37-39H2,1H3,(H,47,48,49)(H,50,51,52)(H,53,54,55). The van der Waals surface area contributed by atoms with Crippen molar-refractivity contribution in [2.45, 2.75) is 66.6 Å². The Kier molecular flexibility index (Phi) is 13.2. The Balaban J connectivity index is 1.47. The average molecular weight is 854 g/mol. The number of anilines is 3. The zero-order valence-corrected chi connectivity index (χ0v) is 33.2. The van der Waals surface area contributed by atoms with Gasteiger partial charge in [-0.3, -0.25) is 13.7 Å². The van der Waals surface area contributed by atoms with Crippen LogP contribution < -0.4 is 17.2 Å². The number of aryl methyl sites for hydroxylation is 1. The van der Waals surface area contributed by atoms with Crippen LogP contribution in [0, 0.1) is 0 Å². The molecule has 0 fully saturated rings. The third-order valence-electron chi connectivity index (χ3n) is 8.72. The second-order valence-electron chi connectivity index (χ2n) is 13.0. The van der Waals surface area contributed by atoms with Crippen LogP contribution in [0.15, 0.2) is 118 Å². The van der Waals surface area contributed by atoms with Gasteiger partial charge in [-0.2, -0.15) is 40.6 Å². The zero-order chi connectivity index (χ0) is 42.4. The summed E-state index contributed by atoms with van der Waals surface area (Å²) in [5.41, 5.74) is 17.1. The average Bonchev–Trinajstić information content (AvgIpc) is 3.14. The van der Waals surface area contributed by atoms with Gasteiger partial charge in [0.15, 0.2) is 5.75 Å². The first-order valence-electron chi connectivity index (χ1n) is 17.5. The molecule has 5 rings (SSSR count). The Hall–Kier alpha value is -5.91. The van der Waals surface area contributed by atoms with Gasteiger partial charge in [-0.1, -0.05) is 51.2 Å². The molecule has 0 spiro atoms. The highest BCUT2D eigenvalue weighted by molar-refractivity contribution is 7.86. The molecule has 0 aliphatic heterocycles. The van der Waals surface area contributed by atoms with Crippen molar-refractivity contribution in [2.75, 3.05) is 17.2 Å². The van der Waals surface area contributed by atoms with Gasteiger partial charge in [-0.05, 0) is 84.5 Å². The van der Waals surface area contributed by atoms with E-state index in [1.165, 1.54) is 49.9 Å². The van der Waals surface area contributed by atoms with E-state index in [9.17, 15) is 44.0 Å². The smallest absolute Gasteiger partial charge is 0.296 e. The second-order valence-corrected chi connectivity index (χ2v) is 17.2. The number of aromatic hydroxyl groups is 1. The van der Waals surface area contributed by atoms with E-state index in [4.69, 9.17) is 17.2 Å². The van der Waals surface area contributed by atoms with Crippen molar-refractivity contribution in [3.05, 3.63) is 78.4 Å². The summed E-state index contributed by atoms with van der Waals surface area (Å²) in [5.74, 6) is -0.899. The summed E-state index contributed by atoms with van der Waals surface area (Å²) in [6, 6.07) is 16.1. The van der Waals surface area contributed by atoms with E-state index in [-0.39, 0.29) is 39.2 Å². The maximum Gasteiger partial charge on any atom is 0.296 e. The van der Waals surface area contributed by atoms with E-state index in [0.29, 0.717) is 5.69 Å². The summed E-state index contributed by atoms with van der Waals surface area (Å²) in [5, 5.41) is 34.4. The topological polar surface area (TPSA) is 336 Å². The number of unbranched alkanes of at least 4 members (excludes halogenated alkanes) is 5. The van der Waals surface area contributed by atoms with Crippen molar-refractivity contribution >= 4 is 92.3 Å². The number of nitrogens with zero attached hydrogens (tertiary/aromatic N) is 6. The lowest BCUT2D eigenvalue weighted by atomic mass is 10.0. The maximum absolute atomic E-state index is 12.5. The van der Waals surface area contributed by atoms with Crippen LogP contribution >= 0.6 is 0 Å². The Bertz CT molecular complexity index is 2780. The van der Waals surface area contributed by atoms with Crippen molar-refractivity contribution in [1.29, 1.82) is 0 Å². The molecule has 10 N–H and O–H groups in total. The molecule has 22 heteroatoms. The van der Waals surface area contributed by atoms with Crippen LogP contribution in [0.25, 0.3) is 10.8 Å². The number of nitrogens with two attached hydrogens (primary N) is 3. The monoisotopic (exact) mass is 853 g/mol. The van der Waals surface area contributed by atoms with Gasteiger partial charge >= 0.3 is 0 Å². The van der Waals surface area contributed by atoms with Gasteiger partial charge < -0.3 is 22.3 Å². The molecule has 0 heterocycles. The van der Waals surface area contributed by atoms with E-state index in [1.807, 2.05) is 12.1 Å². The number of phenolic OH excluding ortho intramolecular Hbond substituents is 1. The van der Waals surface area contributed by atoms with Crippen LogP contribution in [0.5, 0.6) is 5.75 Å². The molecular weight excluding hydrogens is 815 g/mol. The first kappa shape index (κ1) is 43.2. The van der Waals surface area contributed by atoms with E-state index >= 15 is 0 Å². The van der Waals surface area contributed by atoms with Crippen LogP contribution in [0.2, 0.25) is 0 Å². The highest BCUT2D eigenvalue weighted by Crippen LogP contribution is 2.48. The van der Waals surface area contributed by atoms with Crippen molar-refractivity contribution in [3.8, 4) is 5.75 Å². The molecule has 0 amide bonds. The Morgan fingerprint density at radius 1 is 0.534 bits per heavy atom. The lowest BCUT2D eigenvalue weighted by molar-refractivity contribution is 0.472. The van der Waals surface area contributed by atoms with Gasteiger partial charge in [0.25, 0.3) is 30.4 Å². The normalized spacial score (nSPS) is 12.8. The highest BCUT2D eigenvalue weighted by atomic mass is 32.2. The molecule has 5 aromatic carbocycles. The quantitative estimate of drug-likeness (QED) is 0.0211. The summed E-state index contributed by atoms with van der Waals surface area (Å²) >= 11 is 0. The molecule has 0 aliphatic rings. The molecule has 0 aromatic heterocycles. The van der Waals surface area contributed by atoms with Crippen LogP contribution in [0.1, 0.15) is 51.0 Å². The number of benzene rings is 5. The Morgan fingerprint density at radius 3 is 1.53 bits per heavy atom. The maximum atomic E-state index is 12.5. The largest absolute Gasteiger partial charge is 0.505 e. The van der Waals surface area contributed by atoms with E-state index in [2.05, 4.69) is 37.6 Å². The van der Waals surface area contributed by atoms with Crippen LogP contribution in [0.3, 0.4) is 0 Å². The van der Waals surface area contributed by atoms with Crippen LogP contribution in [-0.2, 0) is 36.8 Å². The van der Waals surface area contributed by atoms with E-state index < -0.39 is 67.9 Å². The summed E-state index contributed by atoms with van der Waals surface area (Å²) in [6.45, 7) is 2.16. The second kappa shape index (κ2) is 17.7. The number of azo groups is 3. The summed E-state index contributed by atoms with van der Waals surface area (Å²) in [7, 11) is -14.9. The lowest BCUT2D eigenvalue weighted by Gasteiger charge is -2.14. The van der Waals surface area contributed by atoms with Crippen molar-refractivity contribution < 1.29 is 44.0 Å². The molecule has 306 valence electrons. The molecule has 0 aliphatic carbocycles. The van der Waals surface area contributed by atoms with Gasteiger partial charge in [0.2, 0.25) is 0 Å². The first-order valence-corrected chi connectivity index (χ1v) is 21.8. The third-order valence-corrected chi connectivity index (χ3v) is 11.4. The molecule has 19 nitrogen and oxygen atoms in total. The molecule has 0 saturated carbocycles. The third kappa shape index (κ3) is 10.5. The van der Waals surface area contributed by atoms with Crippen LogP contribution in [0.4, 0.5) is 51.2 Å². The highest BCUT2D eigenvalue weighted by Gasteiger charge is 2.28. The molecule has 0 radical (unpaired) electrons. The molecule has 5 aromatic rings.